The topological polar surface area (TPSA) is 35.2 Å². The summed E-state index contributed by atoms with van der Waals surface area (Å²) in [6.07, 6.45) is 0. The first-order valence-corrected chi connectivity index (χ1v) is 7.11. The fourth-order valence-electron chi connectivity index (χ4n) is 2.62. The molecule has 2 N–H and O–H groups in total. The van der Waals surface area contributed by atoms with Gasteiger partial charge in [0.05, 0.1) is 7.11 Å². The van der Waals surface area contributed by atoms with Crippen molar-refractivity contribution in [2.45, 2.75) is 52.9 Å². The highest BCUT2D eigenvalue weighted by Crippen LogP contribution is 2.40. The molecule has 1 unspecified atom stereocenters. The number of hydrogen-bond acceptors (Lipinski definition) is 2. The van der Waals surface area contributed by atoms with Gasteiger partial charge in [0.25, 0.3) is 0 Å². The average molecular weight is 263 g/mol. The zero-order valence-corrected chi connectivity index (χ0v) is 13.5. The van der Waals surface area contributed by atoms with Crippen molar-refractivity contribution < 1.29 is 4.74 Å². The van der Waals surface area contributed by atoms with Gasteiger partial charge in [-0.25, -0.2) is 0 Å². The minimum atomic E-state index is 0.0717. The Bertz CT molecular complexity index is 430. The Morgan fingerprint density at radius 2 is 1.79 bits per heavy atom. The van der Waals surface area contributed by atoms with E-state index >= 15 is 0 Å². The highest BCUT2D eigenvalue weighted by Gasteiger charge is 2.26. The zero-order valence-electron chi connectivity index (χ0n) is 13.5. The molecule has 2 nitrogen and oxygen atoms in total. The molecule has 2 heteroatoms. The summed E-state index contributed by atoms with van der Waals surface area (Å²) in [6, 6.07) is 4.46. The Morgan fingerprint density at radius 1 is 1.21 bits per heavy atom. The van der Waals surface area contributed by atoms with Crippen molar-refractivity contribution in [2.24, 2.45) is 11.7 Å². The van der Waals surface area contributed by atoms with E-state index in [2.05, 4.69) is 53.7 Å². The smallest absolute Gasteiger partial charge is 0.126 e. The van der Waals surface area contributed by atoms with Gasteiger partial charge in [0.2, 0.25) is 0 Å². The minimum Gasteiger partial charge on any atom is -0.496 e. The lowest BCUT2D eigenvalue weighted by atomic mass is 9.80. The molecule has 0 aliphatic carbocycles. The third-order valence-electron chi connectivity index (χ3n) is 3.73. The molecule has 0 saturated heterocycles. The van der Waals surface area contributed by atoms with Crippen LogP contribution in [0.15, 0.2) is 12.1 Å². The van der Waals surface area contributed by atoms with Crippen molar-refractivity contribution in [1.82, 2.24) is 0 Å². The maximum atomic E-state index is 5.98. The van der Waals surface area contributed by atoms with Crippen LogP contribution in [0.4, 0.5) is 0 Å². The van der Waals surface area contributed by atoms with Crippen LogP contribution in [0, 0.1) is 12.8 Å². The van der Waals surface area contributed by atoms with Crippen LogP contribution in [0.25, 0.3) is 0 Å². The van der Waals surface area contributed by atoms with E-state index in [-0.39, 0.29) is 5.41 Å². The first-order chi connectivity index (χ1) is 8.72. The fourth-order valence-corrected chi connectivity index (χ4v) is 2.62. The molecule has 1 atom stereocenters. The monoisotopic (exact) mass is 263 g/mol. The molecule has 0 heterocycles. The second-order valence-corrected chi connectivity index (χ2v) is 6.77. The standard InChI is InChI=1S/C17H29NO/c1-11(2)14(10-18)13-8-12(3)9-15(16(13)19-7)17(4,5)6/h8-9,11,14H,10,18H2,1-7H3. The van der Waals surface area contributed by atoms with Gasteiger partial charge in [-0.2, -0.15) is 0 Å². The molecule has 0 spiro atoms. The Balaban J connectivity index is 3.51. The SMILES string of the molecule is COc1c(C(CN)C(C)C)cc(C)cc1C(C)(C)C. The summed E-state index contributed by atoms with van der Waals surface area (Å²) in [6.45, 7) is 13.9. The Kier molecular flexibility index (Phi) is 5.03. The Hall–Kier alpha value is -1.02. The van der Waals surface area contributed by atoms with Gasteiger partial charge < -0.3 is 10.5 Å². The summed E-state index contributed by atoms with van der Waals surface area (Å²) in [5.74, 6) is 1.87. The molecule has 1 aromatic carbocycles. The zero-order chi connectivity index (χ0) is 14.8. The molecule has 0 aliphatic heterocycles. The van der Waals surface area contributed by atoms with Gasteiger partial charge in [-0.1, -0.05) is 52.3 Å². The van der Waals surface area contributed by atoms with Crippen molar-refractivity contribution in [1.29, 1.82) is 0 Å². The van der Waals surface area contributed by atoms with Gasteiger partial charge in [0, 0.05) is 11.5 Å². The van der Waals surface area contributed by atoms with Crippen LogP contribution < -0.4 is 10.5 Å². The van der Waals surface area contributed by atoms with Crippen molar-refractivity contribution >= 4 is 0 Å². The van der Waals surface area contributed by atoms with Crippen molar-refractivity contribution in [3.8, 4) is 5.75 Å². The van der Waals surface area contributed by atoms with Crippen LogP contribution in [0.1, 0.15) is 57.2 Å². The summed E-state index contributed by atoms with van der Waals surface area (Å²) in [5.41, 5.74) is 9.85. The first-order valence-electron chi connectivity index (χ1n) is 7.11. The van der Waals surface area contributed by atoms with Crippen LogP contribution in [0.5, 0.6) is 5.75 Å². The second kappa shape index (κ2) is 5.96. The van der Waals surface area contributed by atoms with Crippen LogP contribution in [0.2, 0.25) is 0 Å². The lowest BCUT2D eigenvalue weighted by Crippen LogP contribution is -2.21. The summed E-state index contributed by atoms with van der Waals surface area (Å²) in [4.78, 5) is 0. The largest absolute Gasteiger partial charge is 0.496 e. The predicted molar refractivity (Wildman–Crippen MR) is 83.1 cm³/mol. The van der Waals surface area contributed by atoms with Gasteiger partial charge in [-0.05, 0) is 30.4 Å². The first kappa shape index (κ1) is 16.0. The molecular formula is C17H29NO. The van der Waals surface area contributed by atoms with E-state index < -0.39 is 0 Å². The molecule has 0 radical (unpaired) electrons. The molecule has 0 aliphatic rings. The van der Waals surface area contributed by atoms with E-state index in [1.54, 1.807) is 7.11 Å². The fraction of sp³-hybridized carbons (Fsp3) is 0.647. The summed E-state index contributed by atoms with van der Waals surface area (Å²) in [5, 5.41) is 0. The van der Waals surface area contributed by atoms with Gasteiger partial charge in [0.15, 0.2) is 0 Å². The van der Waals surface area contributed by atoms with E-state index in [4.69, 9.17) is 10.5 Å². The van der Waals surface area contributed by atoms with Gasteiger partial charge in [-0.3, -0.25) is 0 Å². The molecule has 0 amide bonds. The third-order valence-corrected chi connectivity index (χ3v) is 3.73. The van der Waals surface area contributed by atoms with E-state index in [0.717, 1.165) is 5.75 Å². The lowest BCUT2D eigenvalue weighted by Gasteiger charge is -2.29. The maximum absolute atomic E-state index is 5.98. The van der Waals surface area contributed by atoms with E-state index in [9.17, 15) is 0 Å². The number of nitrogens with two attached hydrogens (primary N) is 1. The van der Waals surface area contributed by atoms with Gasteiger partial charge in [0.1, 0.15) is 5.75 Å². The quantitative estimate of drug-likeness (QED) is 0.891. The predicted octanol–water partition coefficient (Wildman–Crippen LogP) is 4.00. The highest BCUT2D eigenvalue weighted by atomic mass is 16.5. The normalized spacial score (nSPS) is 13.7. The number of rotatable bonds is 4. The van der Waals surface area contributed by atoms with Gasteiger partial charge in [-0.15, -0.1) is 0 Å². The molecule has 19 heavy (non-hydrogen) atoms. The summed E-state index contributed by atoms with van der Waals surface area (Å²) in [7, 11) is 1.76. The summed E-state index contributed by atoms with van der Waals surface area (Å²) >= 11 is 0. The molecular weight excluding hydrogens is 234 g/mol. The van der Waals surface area contributed by atoms with E-state index in [0.29, 0.717) is 18.4 Å². The molecule has 108 valence electrons. The highest BCUT2D eigenvalue weighted by molar-refractivity contribution is 5.49. The number of benzene rings is 1. The molecule has 0 fully saturated rings. The lowest BCUT2D eigenvalue weighted by molar-refractivity contribution is 0.380. The maximum Gasteiger partial charge on any atom is 0.126 e. The number of hydrogen-bond donors (Lipinski definition) is 1. The van der Waals surface area contributed by atoms with E-state index in [1.807, 2.05) is 0 Å². The van der Waals surface area contributed by atoms with Crippen molar-refractivity contribution in [3.05, 3.63) is 28.8 Å². The number of methoxy groups -OCH3 is 1. The molecule has 0 saturated carbocycles. The molecule has 0 bridgehead atoms. The number of ether oxygens (including phenoxy) is 1. The Labute approximate surface area is 118 Å². The van der Waals surface area contributed by atoms with Crippen LogP contribution in [0.3, 0.4) is 0 Å². The van der Waals surface area contributed by atoms with Crippen LogP contribution in [-0.2, 0) is 5.41 Å². The van der Waals surface area contributed by atoms with Gasteiger partial charge >= 0.3 is 0 Å². The van der Waals surface area contributed by atoms with Crippen molar-refractivity contribution in [2.75, 3.05) is 13.7 Å². The minimum absolute atomic E-state index is 0.0717. The third kappa shape index (κ3) is 3.50. The van der Waals surface area contributed by atoms with Crippen LogP contribution in [-0.4, -0.2) is 13.7 Å². The molecule has 1 aromatic rings. The average Bonchev–Trinajstić information content (AvgIpc) is 2.27. The molecule has 1 rings (SSSR count). The second-order valence-electron chi connectivity index (χ2n) is 6.77. The number of aryl methyl sites for hydroxylation is 1. The van der Waals surface area contributed by atoms with Crippen LogP contribution >= 0.6 is 0 Å². The van der Waals surface area contributed by atoms with Crippen molar-refractivity contribution in [3.63, 3.8) is 0 Å². The Morgan fingerprint density at radius 3 is 2.16 bits per heavy atom. The molecule has 0 aromatic heterocycles. The van der Waals surface area contributed by atoms with E-state index in [1.165, 1.54) is 16.7 Å². The summed E-state index contributed by atoms with van der Waals surface area (Å²) < 4.78 is 5.74.